The number of benzene rings is 1. The van der Waals surface area contributed by atoms with Crippen LogP contribution >= 0.6 is 0 Å². The van der Waals surface area contributed by atoms with E-state index in [0.29, 0.717) is 0 Å². The molecule has 1 rings (SSSR count). The molecule has 0 radical (unpaired) electrons. The van der Waals surface area contributed by atoms with E-state index < -0.39 is 0 Å². The molecule has 0 aliphatic rings. The van der Waals surface area contributed by atoms with E-state index in [4.69, 9.17) is 0 Å². The summed E-state index contributed by atoms with van der Waals surface area (Å²) in [4.78, 5) is 0. The van der Waals surface area contributed by atoms with Gasteiger partial charge in [-0.2, -0.15) is 0 Å². The SMILES string of the molecule is C=Cc1ccccc1.[Br-].[Br-]. The van der Waals surface area contributed by atoms with Crippen LogP contribution in [-0.2, 0) is 0 Å². The van der Waals surface area contributed by atoms with Crippen LogP contribution in [0.25, 0.3) is 6.08 Å². The third-order valence-electron chi connectivity index (χ3n) is 1.04. The van der Waals surface area contributed by atoms with Crippen LogP contribution in [-0.4, -0.2) is 0 Å². The largest absolute Gasteiger partial charge is 1.00 e. The zero-order valence-electron chi connectivity index (χ0n) is 5.43. The van der Waals surface area contributed by atoms with Gasteiger partial charge in [0.15, 0.2) is 0 Å². The quantitative estimate of drug-likeness (QED) is 0.490. The molecule has 0 atom stereocenters. The van der Waals surface area contributed by atoms with Crippen molar-refractivity contribution < 1.29 is 34.0 Å². The van der Waals surface area contributed by atoms with Crippen molar-refractivity contribution >= 4 is 6.08 Å². The molecule has 0 bridgehead atoms. The lowest BCUT2D eigenvalue weighted by Crippen LogP contribution is -3.00. The summed E-state index contributed by atoms with van der Waals surface area (Å²) in [6.07, 6.45) is 1.83. The van der Waals surface area contributed by atoms with Crippen LogP contribution in [0.3, 0.4) is 0 Å². The molecular formula is C8H8Br2-2. The van der Waals surface area contributed by atoms with Crippen LogP contribution < -0.4 is 34.0 Å². The third kappa shape index (κ3) is 3.85. The van der Waals surface area contributed by atoms with Gasteiger partial charge < -0.3 is 34.0 Å². The summed E-state index contributed by atoms with van der Waals surface area (Å²) < 4.78 is 0. The third-order valence-corrected chi connectivity index (χ3v) is 1.04. The monoisotopic (exact) mass is 262 g/mol. The first kappa shape index (κ1) is 12.6. The minimum Gasteiger partial charge on any atom is -1.00 e. The predicted octanol–water partition coefficient (Wildman–Crippen LogP) is -3.66. The second kappa shape index (κ2) is 7.03. The summed E-state index contributed by atoms with van der Waals surface area (Å²) in [5.74, 6) is 0. The van der Waals surface area contributed by atoms with Gasteiger partial charge in [-0.15, -0.1) is 0 Å². The number of hydrogen-bond acceptors (Lipinski definition) is 0. The lowest BCUT2D eigenvalue weighted by atomic mass is 10.2. The lowest BCUT2D eigenvalue weighted by Gasteiger charge is -1.85. The van der Waals surface area contributed by atoms with E-state index in [1.54, 1.807) is 0 Å². The zero-order valence-corrected chi connectivity index (χ0v) is 8.60. The maximum Gasteiger partial charge on any atom is -0.0263 e. The molecule has 0 heterocycles. The van der Waals surface area contributed by atoms with Gasteiger partial charge >= 0.3 is 0 Å². The molecule has 0 unspecified atom stereocenters. The van der Waals surface area contributed by atoms with Crippen molar-refractivity contribution in [3.05, 3.63) is 42.5 Å². The fraction of sp³-hybridized carbons (Fsp3) is 0. The van der Waals surface area contributed by atoms with Gasteiger partial charge in [0.2, 0.25) is 0 Å². The smallest absolute Gasteiger partial charge is 0.0263 e. The van der Waals surface area contributed by atoms with Crippen molar-refractivity contribution in [3.63, 3.8) is 0 Å². The summed E-state index contributed by atoms with van der Waals surface area (Å²) in [5.41, 5.74) is 1.17. The fourth-order valence-electron chi connectivity index (χ4n) is 0.589. The molecule has 0 saturated heterocycles. The topological polar surface area (TPSA) is 0 Å². The zero-order chi connectivity index (χ0) is 5.82. The maximum absolute atomic E-state index is 3.63. The summed E-state index contributed by atoms with van der Waals surface area (Å²) in [6, 6.07) is 10.0. The van der Waals surface area contributed by atoms with Gasteiger partial charge in [0.05, 0.1) is 0 Å². The first-order valence-electron chi connectivity index (χ1n) is 2.61. The van der Waals surface area contributed by atoms with E-state index in [1.165, 1.54) is 5.56 Å². The molecule has 0 saturated carbocycles. The summed E-state index contributed by atoms with van der Waals surface area (Å²) in [6.45, 7) is 3.63. The Kier molecular flexibility index (Phi) is 8.85. The van der Waals surface area contributed by atoms with E-state index in [2.05, 4.69) is 6.58 Å². The molecule has 0 aliphatic carbocycles. The van der Waals surface area contributed by atoms with Gasteiger partial charge in [-0.1, -0.05) is 43.0 Å². The minimum absolute atomic E-state index is 0. The average Bonchev–Trinajstić information content (AvgIpc) is 1.90. The highest BCUT2D eigenvalue weighted by Gasteiger charge is 1.75. The van der Waals surface area contributed by atoms with Crippen molar-refractivity contribution in [1.29, 1.82) is 0 Å². The molecule has 1 aromatic carbocycles. The van der Waals surface area contributed by atoms with Crippen molar-refractivity contribution in [3.8, 4) is 0 Å². The Labute approximate surface area is 82.5 Å². The van der Waals surface area contributed by atoms with Crippen LogP contribution in [0.2, 0.25) is 0 Å². The van der Waals surface area contributed by atoms with Gasteiger partial charge in [-0.25, -0.2) is 0 Å². The molecule has 0 aromatic heterocycles. The molecule has 0 spiro atoms. The summed E-state index contributed by atoms with van der Waals surface area (Å²) in [7, 11) is 0. The number of rotatable bonds is 1. The Bertz CT molecular complexity index is 170. The molecule has 0 fully saturated rings. The van der Waals surface area contributed by atoms with E-state index >= 15 is 0 Å². The van der Waals surface area contributed by atoms with Gasteiger partial charge in [0.25, 0.3) is 0 Å². The van der Waals surface area contributed by atoms with E-state index in [9.17, 15) is 0 Å². The van der Waals surface area contributed by atoms with Crippen molar-refractivity contribution in [2.45, 2.75) is 0 Å². The van der Waals surface area contributed by atoms with Gasteiger partial charge in [-0.3, -0.25) is 0 Å². The fourth-order valence-corrected chi connectivity index (χ4v) is 0.589. The van der Waals surface area contributed by atoms with Crippen LogP contribution in [0.5, 0.6) is 0 Å². The Morgan fingerprint density at radius 1 is 1.00 bits per heavy atom. The molecule has 10 heavy (non-hydrogen) atoms. The van der Waals surface area contributed by atoms with Crippen LogP contribution in [0.4, 0.5) is 0 Å². The first-order chi connectivity index (χ1) is 3.93. The van der Waals surface area contributed by atoms with Gasteiger partial charge in [0.1, 0.15) is 0 Å². The second-order valence-corrected chi connectivity index (χ2v) is 1.61. The summed E-state index contributed by atoms with van der Waals surface area (Å²) in [5, 5.41) is 0. The minimum atomic E-state index is 0. The molecule has 1 aromatic rings. The molecule has 0 nitrogen and oxygen atoms in total. The molecule has 0 aliphatic heterocycles. The van der Waals surface area contributed by atoms with Crippen LogP contribution in [0.15, 0.2) is 36.9 Å². The van der Waals surface area contributed by atoms with Gasteiger partial charge in [0, 0.05) is 0 Å². The lowest BCUT2D eigenvalue weighted by molar-refractivity contribution is -0.00100. The molecule has 0 N–H and O–H groups in total. The number of hydrogen-bond donors (Lipinski definition) is 0. The molecule has 56 valence electrons. The standard InChI is InChI=1S/C8H8.2BrH/c1-2-8-6-4-3-5-7-8;;/h2-7H,1H2;2*1H/p-2. The Morgan fingerprint density at radius 2 is 1.50 bits per heavy atom. The highest BCUT2D eigenvalue weighted by Crippen LogP contribution is 1.97. The van der Waals surface area contributed by atoms with Crippen LogP contribution in [0, 0.1) is 0 Å². The number of halogens is 2. The Hall–Kier alpha value is -0.0800. The van der Waals surface area contributed by atoms with Crippen LogP contribution in [0.1, 0.15) is 5.56 Å². The van der Waals surface area contributed by atoms with Crippen molar-refractivity contribution in [2.24, 2.45) is 0 Å². The second-order valence-electron chi connectivity index (χ2n) is 1.61. The first-order valence-corrected chi connectivity index (χ1v) is 2.61. The van der Waals surface area contributed by atoms with E-state index in [-0.39, 0.29) is 34.0 Å². The normalized spacial score (nSPS) is 6.80. The Balaban J connectivity index is 0. The highest BCUT2D eigenvalue weighted by molar-refractivity contribution is 5.45. The molecule has 2 heteroatoms. The summed E-state index contributed by atoms with van der Waals surface area (Å²) >= 11 is 0. The van der Waals surface area contributed by atoms with Gasteiger partial charge in [-0.05, 0) is 5.56 Å². The molecular weight excluding hydrogens is 256 g/mol. The van der Waals surface area contributed by atoms with E-state index in [0.717, 1.165) is 0 Å². The maximum atomic E-state index is 3.63. The van der Waals surface area contributed by atoms with E-state index in [1.807, 2.05) is 36.4 Å². The molecule has 0 amide bonds. The Morgan fingerprint density at radius 3 is 1.80 bits per heavy atom. The highest BCUT2D eigenvalue weighted by atomic mass is 79.9. The predicted molar refractivity (Wildman–Crippen MR) is 36.5 cm³/mol. The average molecular weight is 264 g/mol. The van der Waals surface area contributed by atoms with Crippen molar-refractivity contribution in [2.75, 3.05) is 0 Å². The van der Waals surface area contributed by atoms with Crippen molar-refractivity contribution in [1.82, 2.24) is 0 Å².